The van der Waals surface area contributed by atoms with Gasteiger partial charge in [0.15, 0.2) is 6.04 Å². The number of rotatable bonds is 0. The van der Waals surface area contributed by atoms with E-state index < -0.39 is 18.2 Å². The van der Waals surface area contributed by atoms with E-state index >= 15 is 0 Å². The Morgan fingerprint density at radius 3 is 2.67 bits per heavy atom. The van der Waals surface area contributed by atoms with E-state index in [0.29, 0.717) is 12.0 Å². The third kappa shape index (κ3) is 2.07. The highest BCUT2D eigenvalue weighted by atomic mass is 19.4. The fourth-order valence-corrected chi connectivity index (χ4v) is 2.22. The second-order valence-corrected chi connectivity index (χ2v) is 4.04. The van der Waals surface area contributed by atoms with Gasteiger partial charge in [0.1, 0.15) is 0 Å². The van der Waals surface area contributed by atoms with Crippen molar-refractivity contribution in [2.24, 2.45) is 10.9 Å². The normalized spacial score (nSPS) is 20.7. The summed E-state index contributed by atoms with van der Waals surface area (Å²) < 4.78 is 39.4. The number of benzene rings is 1. The fourth-order valence-electron chi connectivity index (χ4n) is 2.22. The Hall–Kier alpha value is -1.92. The molecule has 1 heterocycles. The lowest BCUT2D eigenvalue weighted by Crippen LogP contribution is -2.49. The van der Waals surface area contributed by atoms with E-state index in [1.54, 1.807) is 18.2 Å². The summed E-state index contributed by atoms with van der Waals surface area (Å²) in [5.41, 5.74) is 6.11. The van der Waals surface area contributed by atoms with Crippen molar-refractivity contribution in [1.82, 2.24) is 4.90 Å². The number of guanidine groups is 1. The minimum absolute atomic E-state index is 0.0666. The third-order valence-electron chi connectivity index (χ3n) is 2.99. The van der Waals surface area contributed by atoms with Crippen LogP contribution in [0.3, 0.4) is 0 Å². The summed E-state index contributed by atoms with van der Waals surface area (Å²) in [6.07, 6.45) is -4.05. The number of hydrogen-bond donors (Lipinski definition) is 2. The van der Waals surface area contributed by atoms with E-state index in [1.807, 2.05) is 0 Å². The zero-order chi connectivity index (χ0) is 13.3. The van der Waals surface area contributed by atoms with Gasteiger partial charge >= 0.3 is 6.18 Å². The van der Waals surface area contributed by atoms with Gasteiger partial charge < -0.3 is 15.8 Å². The van der Waals surface area contributed by atoms with Crippen LogP contribution in [0, 0.1) is 0 Å². The predicted molar refractivity (Wildman–Crippen MR) is 59.1 cm³/mol. The molecule has 7 heteroatoms. The maximum Gasteiger partial charge on any atom is 0.413 e. The maximum absolute atomic E-state index is 13.1. The summed E-state index contributed by atoms with van der Waals surface area (Å²) in [6, 6.07) is 4.47. The molecule has 1 aliphatic rings. The van der Waals surface area contributed by atoms with E-state index in [9.17, 15) is 13.2 Å². The number of alkyl halides is 3. The molecule has 0 amide bonds. The van der Waals surface area contributed by atoms with Gasteiger partial charge in [-0.15, -0.1) is 0 Å². The van der Waals surface area contributed by atoms with Crippen LogP contribution in [0.25, 0.3) is 0 Å². The fraction of sp³-hybridized carbons (Fsp3) is 0.364. The topological polar surface area (TPSA) is 61.9 Å². The van der Waals surface area contributed by atoms with Crippen molar-refractivity contribution in [2.75, 3.05) is 6.54 Å². The Morgan fingerprint density at radius 1 is 1.39 bits per heavy atom. The second kappa shape index (κ2) is 4.40. The number of oxime groups is 1. The molecule has 0 bridgehead atoms. The van der Waals surface area contributed by atoms with E-state index in [1.165, 1.54) is 6.07 Å². The summed E-state index contributed by atoms with van der Waals surface area (Å²) in [4.78, 5) is 0.863. The molecule has 2 rings (SSSR count). The lowest BCUT2D eigenvalue weighted by Gasteiger charge is -2.38. The van der Waals surface area contributed by atoms with Crippen molar-refractivity contribution in [3.05, 3.63) is 35.4 Å². The Labute approximate surface area is 101 Å². The Kier molecular flexibility index (Phi) is 3.06. The van der Waals surface area contributed by atoms with Crippen LogP contribution in [0.2, 0.25) is 0 Å². The van der Waals surface area contributed by atoms with Gasteiger partial charge in [0.05, 0.1) is 0 Å². The first-order valence-corrected chi connectivity index (χ1v) is 5.34. The molecule has 0 radical (unpaired) electrons. The van der Waals surface area contributed by atoms with Crippen LogP contribution >= 0.6 is 0 Å². The molecule has 1 unspecified atom stereocenters. The average molecular weight is 259 g/mol. The van der Waals surface area contributed by atoms with Crippen LogP contribution in [0.4, 0.5) is 13.2 Å². The summed E-state index contributed by atoms with van der Waals surface area (Å²) in [5.74, 6) is -0.521. The molecule has 4 nitrogen and oxygen atoms in total. The molecule has 1 atom stereocenters. The molecule has 98 valence electrons. The van der Waals surface area contributed by atoms with Crippen LogP contribution in [0.1, 0.15) is 17.2 Å². The number of nitrogens with zero attached hydrogens (tertiary/aromatic N) is 2. The average Bonchev–Trinajstić information content (AvgIpc) is 2.35. The summed E-state index contributed by atoms with van der Waals surface area (Å²) in [7, 11) is 0. The summed E-state index contributed by atoms with van der Waals surface area (Å²) in [6.45, 7) is 0.0666. The summed E-state index contributed by atoms with van der Waals surface area (Å²) >= 11 is 0. The van der Waals surface area contributed by atoms with Crippen molar-refractivity contribution in [1.29, 1.82) is 0 Å². The van der Waals surface area contributed by atoms with Crippen molar-refractivity contribution in [3.63, 3.8) is 0 Å². The second-order valence-electron chi connectivity index (χ2n) is 4.04. The van der Waals surface area contributed by atoms with Crippen molar-refractivity contribution >= 4 is 5.96 Å². The van der Waals surface area contributed by atoms with Gasteiger partial charge in [-0.1, -0.05) is 29.4 Å². The molecule has 0 saturated heterocycles. The number of fused-ring (bicyclic) bond motifs is 1. The lowest BCUT2D eigenvalue weighted by atomic mass is 9.92. The zero-order valence-electron chi connectivity index (χ0n) is 9.35. The minimum atomic E-state index is -4.48. The molecular weight excluding hydrogens is 247 g/mol. The minimum Gasteiger partial charge on any atom is -0.408 e. The van der Waals surface area contributed by atoms with Gasteiger partial charge in [0, 0.05) is 6.54 Å². The Balaban J connectivity index is 2.50. The predicted octanol–water partition coefficient (Wildman–Crippen LogP) is 1.85. The molecule has 1 aromatic carbocycles. The number of halogens is 3. The van der Waals surface area contributed by atoms with Gasteiger partial charge in [0.2, 0.25) is 5.96 Å². The highest BCUT2D eigenvalue weighted by molar-refractivity contribution is 5.78. The quantitative estimate of drug-likeness (QED) is 0.323. The lowest BCUT2D eigenvalue weighted by molar-refractivity contribution is -0.178. The van der Waals surface area contributed by atoms with E-state index in [0.717, 1.165) is 4.90 Å². The van der Waals surface area contributed by atoms with E-state index in [4.69, 9.17) is 10.9 Å². The van der Waals surface area contributed by atoms with Crippen molar-refractivity contribution in [3.8, 4) is 0 Å². The van der Waals surface area contributed by atoms with Crippen molar-refractivity contribution < 1.29 is 18.4 Å². The molecule has 1 aliphatic heterocycles. The van der Waals surface area contributed by atoms with Gasteiger partial charge in [-0.25, -0.2) is 0 Å². The van der Waals surface area contributed by atoms with Gasteiger partial charge in [0.25, 0.3) is 0 Å². The molecule has 18 heavy (non-hydrogen) atoms. The Bertz CT molecular complexity index is 473. The first-order valence-electron chi connectivity index (χ1n) is 5.34. The molecule has 0 saturated carbocycles. The standard InChI is InChI=1S/C11H12F3N3O/c12-11(13,14)9-8-4-2-1-3-7(8)5-6-17(9)10(15)16-18/h1-4,9,18H,5-6H2,(H2,15,16). The zero-order valence-corrected chi connectivity index (χ0v) is 9.35. The van der Waals surface area contributed by atoms with E-state index in [2.05, 4.69) is 5.16 Å². The van der Waals surface area contributed by atoms with Crippen molar-refractivity contribution in [2.45, 2.75) is 18.6 Å². The van der Waals surface area contributed by atoms with Crippen LogP contribution in [-0.4, -0.2) is 28.8 Å². The first kappa shape index (κ1) is 12.5. The first-order chi connectivity index (χ1) is 8.45. The van der Waals surface area contributed by atoms with Gasteiger partial charge in [-0.2, -0.15) is 13.2 Å². The Morgan fingerprint density at radius 2 is 2.06 bits per heavy atom. The molecule has 0 fully saturated rings. The van der Waals surface area contributed by atoms with Crippen LogP contribution < -0.4 is 5.73 Å². The van der Waals surface area contributed by atoms with Crippen LogP contribution in [-0.2, 0) is 6.42 Å². The SMILES string of the molecule is NC(=NO)N1CCc2ccccc2C1C(F)(F)F. The molecule has 0 aromatic heterocycles. The highest BCUT2D eigenvalue weighted by Crippen LogP contribution is 2.41. The molecular formula is C11H12F3N3O. The largest absolute Gasteiger partial charge is 0.413 e. The molecule has 3 N–H and O–H groups in total. The van der Waals surface area contributed by atoms with Crippen LogP contribution in [0.5, 0.6) is 0 Å². The summed E-state index contributed by atoms with van der Waals surface area (Å²) in [5, 5.41) is 11.2. The number of nitrogens with two attached hydrogens (primary N) is 1. The monoisotopic (exact) mass is 259 g/mol. The molecule has 0 aliphatic carbocycles. The molecule has 1 aromatic rings. The third-order valence-corrected chi connectivity index (χ3v) is 2.99. The van der Waals surface area contributed by atoms with E-state index in [-0.39, 0.29) is 12.1 Å². The molecule has 0 spiro atoms. The van der Waals surface area contributed by atoms with Gasteiger partial charge in [-0.05, 0) is 17.5 Å². The highest BCUT2D eigenvalue weighted by Gasteiger charge is 2.48. The number of hydrogen-bond acceptors (Lipinski definition) is 2. The smallest absolute Gasteiger partial charge is 0.408 e. The maximum atomic E-state index is 13.1. The van der Waals surface area contributed by atoms with Crippen LogP contribution in [0.15, 0.2) is 29.4 Å². The van der Waals surface area contributed by atoms with Gasteiger partial charge in [-0.3, -0.25) is 0 Å².